The Hall–Kier alpha value is -2.30. The monoisotopic (exact) mass is 285 g/mol. The molecule has 0 bridgehead atoms. The third-order valence-corrected chi connectivity index (χ3v) is 3.99. The maximum absolute atomic E-state index is 5.43. The smallest absolute Gasteiger partial charge is 0.161 e. The van der Waals surface area contributed by atoms with E-state index >= 15 is 0 Å². The van der Waals surface area contributed by atoms with Crippen LogP contribution in [0.15, 0.2) is 30.9 Å². The summed E-state index contributed by atoms with van der Waals surface area (Å²) in [6.45, 7) is 3.02. The van der Waals surface area contributed by atoms with Crippen molar-refractivity contribution in [1.29, 1.82) is 0 Å². The second-order valence-electron chi connectivity index (χ2n) is 5.05. The molecule has 0 amide bonds. The molecular weight excluding hydrogens is 266 g/mol. The van der Waals surface area contributed by atoms with Gasteiger partial charge in [-0.1, -0.05) is 6.92 Å². The first-order valence-corrected chi connectivity index (χ1v) is 7.05. The van der Waals surface area contributed by atoms with Crippen molar-refractivity contribution in [1.82, 2.24) is 9.97 Å². The number of benzene rings is 1. The Labute approximate surface area is 124 Å². The van der Waals surface area contributed by atoms with E-state index in [0.29, 0.717) is 6.04 Å². The third kappa shape index (κ3) is 2.28. The van der Waals surface area contributed by atoms with Crippen molar-refractivity contribution in [3.8, 4) is 11.5 Å². The highest BCUT2D eigenvalue weighted by molar-refractivity contribution is 5.57. The Morgan fingerprint density at radius 2 is 1.81 bits per heavy atom. The van der Waals surface area contributed by atoms with Gasteiger partial charge in [0.15, 0.2) is 11.5 Å². The van der Waals surface area contributed by atoms with E-state index in [0.717, 1.165) is 30.2 Å². The normalized spacial score (nSPS) is 16.7. The molecule has 0 spiro atoms. The van der Waals surface area contributed by atoms with Crippen LogP contribution in [0, 0.1) is 0 Å². The minimum atomic E-state index is 0.311. The Kier molecular flexibility index (Phi) is 3.64. The van der Waals surface area contributed by atoms with Gasteiger partial charge in [-0.15, -0.1) is 0 Å². The van der Waals surface area contributed by atoms with Gasteiger partial charge in [0.1, 0.15) is 6.33 Å². The third-order valence-electron chi connectivity index (χ3n) is 3.99. The second kappa shape index (κ2) is 5.60. The minimum absolute atomic E-state index is 0.311. The van der Waals surface area contributed by atoms with Crippen LogP contribution in [0.1, 0.15) is 30.5 Å². The molecule has 1 atom stereocenters. The molecule has 2 aromatic rings. The van der Waals surface area contributed by atoms with Crippen LogP contribution < -0.4 is 14.4 Å². The number of fused-ring (bicyclic) bond motifs is 1. The molecule has 21 heavy (non-hydrogen) atoms. The van der Waals surface area contributed by atoms with E-state index in [1.54, 1.807) is 20.5 Å². The first-order valence-electron chi connectivity index (χ1n) is 7.05. The predicted octanol–water partition coefficient (Wildman–Crippen LogP) is 2.97. The molecule has 5 nitrogen and oxygen atoms in total. The van der Waals surface area contributed by atoms with Crippen LogP contribution in [-0.4, -0.2) is 24.2 Å². The molecule has 1 aliphatic rings. The van der Waals surface area contributed by atoms with Crippen molar-refractivity contribution in [2.45, 2.75) is 25.9 Å². The molecule has 0 saturated heterocycles. The van der Waals surface area contributed by atoms with Crippen molar-refractivity contribution in [2.24, 2.45) is 0 Å². The van der Waals surface area contributed by atoms with Gasteiger partial charge in [0, 0.05) is 6.54 Å². The van der Waals surface area contributed by atoms with E-state index in [1.165, 1.54) is 11.1 Å². The summed E-state index contributed by atoms with van der Waals surface area (Å²) < 4.78 is 10.8. The summed E-state index contributed by atoms with van der Waals surface area (Å²) in [7, 11) is 3.34. The highest BCUT2D eigenvalue weighted by atomic mass is 16.5. The van der Waals surface area contributed by atoms with Crippen LogP contribution in [0.3, 0.4) is 0 Å². The van der Waals surface area contributed by atoms with Gasteiger partial charge >= 0.3 is 0 Å². The van der Waals surface area contributed by atoms with Crippen LogP contribution in [0.2, 0.25) is 0 Å². The molecule has 0 aliphatic carbocycles. The lowest BCUT2D eigenvalue weighted by atomic mass is 10.0. The first kappa shape index (κ1) is 13.7. The summed E-state index contributed by atoms with van der Waals surface area (Å²) in [6.07, 6.45) is 6.28. The van der Waals surface area contributed by atoms with Crippen molar-refractivity contribution in [2.75, 3.05) is 19.1 Å². The molecule has 110 valence electrons. The standard InChI is InChI=1S/C16H19N3O2/c1-4-14-13-6-16(21-3)15(20-2)5-11(13)9-19(14)12-7-17-10-18-8-12/h5-8,10,14H,4,9H2,1-3H3. The molecule has 0 radical (unpaired) electrons. The van der Waals surface area contributed by atoms with Crippen LogP contribution >= 0.6 is 0 Å². The van der Waals surface area contributed by atoms with Gasteiger partial charge in [0.05, 0.1) is 38.3 Å². The molecule has 0 N–H and O–H groups in total. The molecule has 1 aliphatic heterocycles. The van der Waals surface area contributed by atoms with E-state index < -0.39 is 0 Å². The summed E-state index contributed by atoms with van der Waals surface area (Å²) in [5.74, 6) is 1.55. The van der Waals surface area contributed by atoms with E-state index in [9.17, 15) is 0 Å². The van der Waals surface area contributed by atoms with Crippen LogP contribution in [-0.2, 0) is 6.54 Å². The fourth-order valence-electron chi connectivity index (χ4n) is 3.00. The fourth-order valence-corrected chi connectivity index (χ4v) is 3.00. The number of hydrogen-bond donors (Lipinski definition) is 0. The van der Waals surface area contributed by atoms with E-state index in [4.69, 9.17) is 9.47 Å². The maximum Gasteiger partial charge on any atom is 0.161 e. The number of nitrogens with zero attached hydrogens (tertiary/aromatic N) is 3. The van der Waals surface area contributed by atoms with Crippen LogP contribution in [0.25, 0.3) is 0 Å². The van der Waals surface area contributed by atoms with Crippen molar-refractivity contribution >= 4 is 5.69 Å². The number of aromatic nitrogens is 2. The van der Waals surface area contributed by atoms with E-state index in [2.05, 4.69) is 33.9 Å². The van der Waals surface area contributed by atoms with Gasteiger partial charge in [-0.2, -0.15) is 0 Å². The minimum Gasteiger partial charge on any atom is -0.493 e. The maximum atomic E-state index is 5.43. The first-order chi connectivity index (χ1) is 10.3. The summed E-state index contributed by atoms with van der Waals surface area (Å²) in [4.78, 5) is 10.6. The van der Waals surface area contributed by atoms with Gasteiger partial charge < -0.3 is 14.4 Å². The van der Waals surface area contributed by atoms with Gasteiger partial charge in [-0.25, -0.2) is 9.97 Å². The lowest BCUT2D eigenvalue weighted by molar-refractivity contribution is 0.354. The summed E-state index contributed by atoms with van der Waals surface area (Å²) in [5, 5.41) is 0. The Balaban J connectivity index is 2.03. The van der Waals surface area contributed by atoms with Gasteiger partial charge in [-0.3, -0.25) is 0 Å². The summed E-state index contributed by atoms with van der Waals surface area (Å²) in [6, 6.07) is 4.47. The Morgan fingerprint density at radius 3 is 2.43 bits per heavy atom. The van der Waals surface area contributed by atoms with Crippen molar-refractivity contribution in [3.05, 3.63) is 42.0 Å². The molecule has 1 aromatic heterocycles. The van der Waals surface area contributed by atoms with Crippen molar-refractivity contribution < 1.29 is 9.47 Å². The Morgan fingerprint density at radius 1 is 1.14 bits per heavy atom. The molecule has 2 heterocycles. The summed E-state index contributed by atoms with van der Waals surface area (Å²) in [5.41, 5.74) is 3.60. The topological polar surface area (TPSA) is 47.5 Å². The zero-order chi connectivity index (χ0) is 14.8. The Bertz CT molecular complexity index is 631. The summed E-state index contributed by atoms with van der Waals surface area (Å²) >= 11 is 0. The molecule has 1 unspecified atom stereocenters. The van der Waals surface area contributed by atoms with Crippen LogP contribution in [0.4, 0.5) is 5.69 Å². The quantitative estimate of drug-likeness (QED) is 0.864. The number of anilines is 1. The molecule has 1 aromatic carbocycles. The van der Waals surface area contributed by atoms with Gasteiger partial charge in [-0.05, 0) is 29.7 Å². The zero-order valence-electron chi connectivity index (χ0n) is 12.5. The number of hydrogen-bond acceptors (Lipinski definition) is 5. The fraction of sp³-hybridized carbons (Fsp3) is 0.375. The zero-order valence-corrected chi connectivity index (χ0v) is 12.5. The lowest BCUT2D eigenvalue weighted by Crippen LogP contribution is -2.21. The number of methoxy groups -OCH3 is 2. The largest absolute Gasteiger partial charge is 0.493 e. The van der Waals surface area contributed by atoms with Crippen molar-refractivity contribution in [3.63, 3.8) is 0 Å². The average Bonchev–Trinajstić information content (AvgIpc) is 2.91. The molecular formula is C16H19N3O2. The number of ether oxygens (including phenoxy) is 2. The lowest BCUT2D eigenvalue weighted by Gasteiger charge is -2.25. The highest BCUT2D eigenvalue weighted by Gasteiger charge is 2.31. The van der Waals surface area contributed by atoms with Crippen LogP contribution in [0.5, 0.6) is 11.5 Å². The molecule has 3 rings (SSSR count). The second-order valence-corrected chi connectivity index (χ2v) is 5.05. The molecule has 0 fully saturated rings. The van der Waals surface area contributed by atoms with E-state index in [1.807, 2.05) is 12.4 Å². The molecule has 0 saturated carbocycles. The van der Waals surface area contributed by atoms with Gasteiger partial charge in [0.2, 0.25) is 0 Å². The van der Waals surface area contributed by atoms with Gasteiger partial charge in [0.25, 0.3) is 0 Å². The molecule has 5 heteroatoms. The highest BCUT2D eigenvalue weighted by Crippen LogP contribution is 2.43. The SMILES string of the molecule is CCC1c2cc(OC)c(OC)cc2CN1c1cncnc1. The number of rotatable bonds is 4. The average molecular weight is 285 g/mol. The predicted molar refractivity (Wildman–Crippen MR) is 80.8 cm³/mol. The van der Waals surface area contributed by atoms with E-state index in [-0.39, 0.29) is 0 Å².